The maximum atomic E-state index is 14.2. The van der Waals surface area contributed by atoms with Crippen LogP contribution in [0.25, 0.3) is 10.8 Å². The van der Waals surface area contributed by atoms with Crippen molar-refractivity contribution >= 4 is 56.9 Å². The first-order valence-electron chi connectivity index (χ1n) is 15.2. The maximum Gasteiger partial charge on any atom is 0.307 e. The number of guanidine groups is 1. The molecule has 12 nitrogen and oxygen atoms in total. The molecule has 1 aliphatic heterocycles. The van der Waals surface area contributed by atoms with Crippen molar-refractivity contribution in [3.05, 3.63) is 42.5 Å². The van der Waals surface area contributed by atoms with Crippen molar-refractivity contribution in [3.63, 3.8) is 0 Å². The normalized spacial score (nSPS) is 15.6. The summed E-state index contributed by atoms with van der Waals surface area (Å²) in [5, 5.41) is 12.0. The topological polar surface area (TPSA) is 166 Å². The number of carbonyl (C=O) groups is 3. The number of amides is 2. The van der Waals surface area contributed by atoms with Gasteiger partial charge in [-0.2, -0.15) is 4.31 Å². The van der Waals surface area contributed by atoms with Crippen LogP contribution in [-0.4, -0.2) is 98.7 Å². The quantitative estimate of drug-likeness (QED) is 0.148. The van der Waals surface area contributed by atoms with Crippen molar-refractivity contribution in [2.75, 3.05) is 46.4 Å². The van der Waals surface area contributed by atoms with Gasteiger partial charge in [0.2, 0.25) is 21.8 Å². The molecule has 1 saturated heterocycles. The van der Waals surface area contributed by atoms with Gasteiger partial charge in [0, 0.05) is 39.8 Å². The Morgan fingerprint density at radius 1 is 1.16 bits per heavy atom. The number of hydrogen-bond donors (Lipinski definition) is 3. The van der Waals surface area contributed by atoms with Gasteiger partial charge in [0.1, 0.15) is 6.04 Å². The minimum Gasteiger partial charge on any atom is -0.466 e. The van der Waals surface area contributed by atoms with Gasteiger partial charge >= 0.3 is 5.97 Å². The Kier molecular flexibility index (Phi) is 15.0. The molecule has 2 aromatic carbocycles. The van der Waals surface area contributed by atoms with E-state index >= 15 is 0 Å². The van der Waals surface area contributed by atoms with E-state index in [1.54, 1.807) is 31.0 Å². The summed E-state index contributed by atoms with van der Waals surface area (Å²) in [6.07, 6.45) is 2.39. The molecule has 3 rings (SSSR count). The number of halogens is 1. The van der Waals surface area contributed by atoms with Gasteiger partial charge in [0.15, 0.2) is 5.96 Å². The predicted octanol–water partition coefficient (Wildman–Crippen LogP) is 2.94. The molecule has 2 amide bonds. The molecule has 250 valence electrons. The molecule has 0 aliphatic carbocycles. The summed E-state index contributed by atoms with van der Waals surface area (Å²) >= 11 is 0. The van der Waals surface area contributed by atoms with E-state index in [1.807, 2.05) is 31.2 Å². The molecular weight excluding hydrogens is 620 g/mol. The summed E-state index contributed by atoms with van der Waals surface area (Å²) in [6, 6.07) is 10.9. The van der Waals surface area contributed by atoms with Crippen LogP contribution < -0.4 is 11.1 Å². The summed E-state index contributed by atoms with van der Waals surface area (Å²) in [6.45, 7) is 5.40. The molecule has 0 aromatic heterocycles. The molecule has 4 N–H and O–H groups in total. The van der Waals surface area contributed by atoms with E-state index in [2.05, 4.69) is 5.32 Å². The van der Waals surface area contributed by atoms with Crippen molar-refractivity contribution in [3.8, 4) is 0 Å². The number of rotatable bonds is 15. The van der Waals surface area contributed by atoms with Gasteiger partial charge in [-0.15, -0.1) is 12.4 Å². The molecule has 2 aromatic rings. The standard InChI is InChI=1S/C31H46N6O6S.ClH/c1-4-6-18-37(44(41,42)26-14-13-24-11-7-8-12-25(24)19-26)27(30(40)34-16-15-29(39)43-5-2)20-28(38)35(3)21-23-10-9-17-36(22-23)31(32)33;/h7-8,11-14,19,23,27H,4-6,9-10,15-18,20-22H2,1-3H3,(H3,32,33)(H,34,40);1H/t23-,27+;/m1./s1. The van der Waals surface area contributed by atoms with E-state index in [0.717, 1.165) is 27.9 Å². The van der Waals surface area contributed by atoms with Crippen LogP contribution >= 0.6 is 12.4 Å². The highest BCUT2D eigenvalue weighted by Crippen LogP contribution is 2.26. The molecular formula is C31H47ClN6O6S. The Balaban J connectivity index is 0.00000705. The lowest BCUT2D eigenvalue weighted by molar-refractivity contribution is -0.143. The number of carbonyl (C=O) groups excluding carboxylic acids is 3. The highest BCUT2D eigenvalue weighted by atomic mass is 35.5. The van der Waals surface area contributed by atoms with Crippen molar-refractivity contribution in [1.82, 2.24) is 19.4 Å². The highest BCUT2D eigenvalue weighted by molar-refractivity contribution is 7.89. The van der Waals surface area contributed by atoms with Crippen LogP contribution in [0.4, 0.5) is 0 Å². The Bertz CT molecular complexity index is 1420. The molecule has 1 heterocycles. The average molecular weight is 667 g/mol. The summed E-state index contributed by atoms with van der Waals surface area (Å²) in [5.74, 6) is -1.45. The van der Waals surface area contributed by atoms with E-state index < -0.39 is 27.9 Å². The number of esters is 1. The zero-order valence-electron chi connectivity index (χ0n) is 26.4. The first-order chi connectivity index (χ1) is 21.0. The van der Waals surface area contributed by atoms with Crippen LogP contribution in [0.15, 0.2) is 47.4 Å². The fourth-order valence-corrected chi connectivity index (χ4v) is 7.09. The molecule has 45 heavy (non-hydrogen) atoms. The van der Waals surface area contributed by atoms with Crippen molar-refractivity contribution in [2.24, 2.45) is 11.7 Å². The lowest BCUT2D eigenvalue weighted by Crippen LogP contribution is -2.52. The number of piperidine rings is 1. The first-order valence-corrected chi connectivity index (χ1v) is 16.7. The lowest BCUT2D eigenvalue weighted by atomic mass is 9.97. The average Bonchev–Trinajstić information content (AvgIpc) is 3.00. The molecule has 0 spiro atoms. The third-order valence-electron chi connectivity index (χ3n) is 7.83. The van der Waals surface area contributed by atoms with Crippen LogP contribution in [0.5, 0.6) is 0 Å². The zero-order valence-corrected chi connectivity index (χ0v) is 28.0. The van der Waals surface area contributed by atoms with Gasteiger partial charge in [0.05, 0.1) is 24.3 Å². The third-order valence-corrected chi connectivity index (χ3v) is 9.73. The minimum atomic E-state index is -4.21. The van der Waals surface area contributed by atoms with Crippen LogP contribution in [0.1, 0.15) is 52.4 Å². The van der Waals surface area contributed by atoms with Crippen LogP contribution in [0.3, 0.4) is 0 Å². The Hall–Kier alpha value is -3.42. The molecule has 2 atom stereocenters. The maximum absolute atomic E-state index is 14.2. The van der Waals surface area contributed by atoms with Gasteiger partial charge in [-0.05, 0) is 55.0 Å². The number of nitrogens with two attached hydrogens (primary N) is 1. The number of nitrogens with zero attached hydrogens (tertiary/aromatic N) is 3. The summed E-state index contributed by atoms with van der Waals surface area (Å²) in [4.78, 5) is 42.5. The Morgan fingerprint density at radius 3 is 2.53 bits per heavy atom. The van der Waals surface area contributed by atoms with Crippen LogP contribution in [-0.2, 0) is 29.1 Å². The number of ether oxygens (including phenoxy) is 1. The summed E-state index contributed by atoms with van der Waals surface area (Å²) < 4.78 is 34.4. The molecule has 0 unspecified atom stereocenters. The number of benzene rings is 2. The number of unbranched alkanes of at least 4 members (excludes halogenated alkanes) is 1. The van der Waals surface area contributed by atoms with Crippen LogP contribution in [0.2, 0.25) is 0 Å². The minimum absolute atomic E-state index is 0. The van der Waals surface area contributed by atoms with Crippen molar-refractivity contribution in [1.29, 1.82) is 5.41 Å². The Morgan fingerprint density at radius 2 is 1.87 bits per heavy atom. The second kappa shape index (κ2) is 17.9. The first kappa shape index (κ1) is 37.8. The molecule has 14 heteroatoms. The fourth-order valence-electron chi connectivity index (χ4n) is 5.43. The second-order valence-corrected chi connectivity index (χ2v) is 13.0. The van der Waals surface area contributed by atoms with E-state index in [0.29, 0.717) is 32.5 Å². The van der Waals surface area contributed by atoms with E-state index in [4.69, 9.17) is 15.9 Å². The zero-order chi connectivity index (χ0) is 32.3. The number of nitrogens with one attached hydrogen (secondary N) is 2. The fraction of sp³-hybridized carbons (Fsp3) is 0.548. The molecule has 0 radical (unpaired) electrons. The highest BCUT2D eigenvalue weighted by Gasteiger charge is 2.38. The van der Waals surface area contributed by atoms with E-state index in [1.165, 1.54) is 11.0 Å². The SMILES string of the molecule is CCCCN([C@@H](CC(=O)N(C)C[C@H]1CCCN(C(=N)N)C1)C(=O)NCCC(=O)OCC)S(=O)(=O)c1ccc2ccccc2c1.Cl. The largest absolute Gasteiger partial charge is 0.466 e. The number of fused-ring (bicyclic) bond motifs is 1. The smallest absolute Gasteiger partial charge is 0.307 e. The van der Waals surface area contributed by atoms with Crippen molar-refractivity contribution in [2.45, 2.75) is 63.3 Å². The third kappa shape index (κ3) is 10.6. The van der Waals surface area contributed by atoms with E-state index in [-0.39, 0.29) is 67.6 Å². The van der Waals surface area contributed by atoms with Gasteiger partial charge in [-0.3, -0.25) is 19.8 Å². The Labute approximate surface area is 272 Å². The molecule has 0 saturated carbocycles. The number of sulfonamides is 1. The van der Waals surface area contributed by atoms with Gasteiger partial charge in [-0.1, -0.05) is 43.7 Å². The van der Waals surface area contributed by atoms with Crippen molar-refractivity contribution < 1.29 is 27.5 Å². The monoisotopic (exact) mass is 666 g/mol. The van der Waals surface area contributed by atoms with Gasteiger partial charge in [-0.25, -0.2) is 8.42 Å². The molecule has 1 aliphatic rings. The van der Waals surface area contributed by atoms with Gasteiger partial charge < -0.3 is 25.6 Å². The summed E-state index contributed by atoms with van der Waals surface area (Å²) in [7, 11) is -2.57. The number of likely N-dealkylation sites (tertiary alicyclic amines) is 1. The molecule has 0 bridgehead atoms. The second-order valence-electron chi connectivity index (χ2n) is 11.2. The number of hydrogen-bond acceptors (Lipinski definition) is 7. The predicted molar refractivity (Wildman–Crippen MR) is 177 cm³/mol. The lowest BCUT2D eigenvalue weighted by Gasteiger charge is -2.35. The van der Waals surface area contributed by atoms with E-state index in [9.17, 15) is 22.8 Å². The summed E-state index contributed by atoms with van der Waals surface area (Å²) in [5.41, 5.74) is 5.68. The van der Waals surface area contributed by atoms with Crippen LogP contribution in [0, 0.1) is 11.3 Å². The molecule has 1 fully saturated rings. The van der Waals surface area contributed by atoms with Gasteiger partial charge in [0.25, 0.3) is 0 Å².